The molecule has 26 heavy (non-hydrogen) atoms. The van der Waals surface area contributed by atoms with Crippen molar-refractivity contribution in [2.45, 2.75) is 32.0 Å². The van der Waals surface area contributed by atoms with Gasteiger partial charge in [-0.2, -0.15) is 0 Å². The van der Waals surface area contributed by atoms with Gasteiger partial charge in [0.1, 0.15) is 0 Å². The van der Waals surface area contributed by atoms with Crippen LogP contribution in [0.25, 0.3) is 0 Å². The average molecular weight is 373 g/mol. The molecule has 0 fully saturated rings. The first kappa shape index (κ1) is 18.4. The molecular formula is C20H21ClN2O3. The lowest BCUT2D eigenvalue weighted by molar-refractivity contribution is -0.159. The molecule has 1 aliphatic heterocycles. The molecule has 136 valence electrons. The SMILES string of the molecule is CCCC(=O)OC1N=C(c2ccccc2)C2C=C(Cl)C=CC2N(C)C1=O. The van der Waals surface area contributed by atoms with E-state index < -0.39 is 12.2 Å². The number of benzene rings is 1. The number of carbonyl (C=O) groups excluding carboxylic acids is 2. The number of hydrogen-bond acceptors (Lipinski definition) is 4. The van der Waals surface area contributed by atoms with Crippen molar-refractivity contribution in [1.82, 2.24) is 4.90 Å². The number of allylic oxidation sites excluding steroid dienone is 2. The fourth-order valence-electron chi connectivity index (χ4n) is 3.18. The van der Waals surface area contributed by atoms with Crippen molar-refractivity contribution in [3.63, 3.8) is 0 Å². The zero-order valence-electron chi connectivity index (χ0n) is 14.8. The van der Waals surface area contributed by atoms with Crippen LogP contribution in [0.3, 0.4) is 0 Å². The summed E-state index contributed by atoms with van der Waals surface area (Å²) in [6.45, 7) is 1.88. The van der Waals surface area contributed by atoms with Gasteiger partial charge in [0, 0.05) is 24.4 Å². The van der Waals surface area contributed by atoms with Crippen molar-refractivity contribution < 1.29 is 14.3 Å². The lowest BCUT2D eigenvalue weighted by atomic mass is 9.86. The smallest absolute Gasteiger partial charge is 0.308 e. The minimum Gasteiger partial charge on any atom is -0.430 e. The number of nitrogens with zero attached hydrogens (tertiary/aromatic N) is 2. The van der Waals surface area contributed by atoms with Gasteiger partial charge in [0.2, 0.25) is 0 Å². The number of halogens is 1. The molecule has 0 aromatic heterocycles. The second kappa shape index (κ2) is 7.87. The summed E-state index contributed by atoms with van der Waals surface area (Å²) >= 11 is 6.22. The third kappa shape index (κ3) is 3.73. The number of aliphatic imine (C=N–C) groups is 1. The van der Waals surface area contributed by atoms with Crippen LogP contribution in [-0.2, 0) is 14.3 Å². The van der Waals surface area contributed by atoms with Crippen LogP contribution in [0.15, 0.2) is 58.6 Å². The van der Waals surface area contributed by atoms with Gasteiger partial charge in [-0.25, -0.2) is 4.99 Å². The van der Waals surface area contributed by atoms with E-state index in [1.807, 2.05) is 49.4 Å². The first-order valence-corrected chi connectivity index (χ1v) is 9.04. The van der Waals surface area contributed by atoms with Gasteiger partial charge >= 0.3 is 5.97 Å². The fraction of sp³-hybridized carbons (Fsp3) is 0.350. The van der Waals surface area contributed by atoms with E-state index in [1.54, 1.807) is 18.0 Å². The van der Waals surface area contributed by atoms with Gasteiger partial charge in [-0.05, 0) is 18.1 Å². The van der Waals surface area contributed by atoms with Crippen LogP contribution in [-0.4, -0.2) is 41.8 Å². The van der Waals surface area contributed by atoms with Crippen molar-refractivity contribution in [3.05, 3.63) is 59.2 Å². The quantitative estimate of drug-likeness (QED) is 0.762. The van der Waals surface area contributed by atoms with Crippen LogP contribution in [0.5, 0.6) is 0 Å². The highest BCUT2D eigenvalue weighted by molar-refractivity contribution is 6.31. The second-order valence-corrected chi connectivity index (χ2v) is 6.79. The molecule has 3 rings (SSSR count). The van der Waals surface area contributed by atoms with Crippen LogP contribution in [0, 0.1) is 5.92 Å². The normalized spacial score (nSPS) is 25.1. The van der Waals surface area contributed by atoms with Crippen molar-refractivity contribution in [3.8, 4) is 0 Å². The minimum atomic E-state index is -1.18. The summed E-state index contributed by atoms with van der Waals surface area (Å²) in [5, 5.41) is 0.595. The maximum atomic E-state index is 12.9. The maximum Gasteiger partial charge on any atom is 0.308 e. The van der Waals surface area contributed by atoms with E-state index >= 15 is 0 Å². The second-order valence-electron chi connectivity index (χ2n) is 6.35. The summed E-state index contributed by atoms with van der Waals surface area (Å²) in [6, 6.07) is 9.35. The zero-order chi connectivity index (χ0) is 18.7. The van der Waals surface area contributed by atoms with Gasteiger partial charge in [0.05, 0.1) is 11.8 Å². The molecule has 3 atom stereocenters. The Morgan fingerprint density at radius 1 is 1.31 bits per heavy atom. The molecule has 1 heterocycles. The van der Waals surface area contributed by atoms with E-state index in [-0.39, 0.29) is 24.3 Å². The molecule has 0 N–H and O–H groups in total. The molecule has 3 unspecified atom stereocenters. The van der Waals surface area contributed by atoms with Gasteiger partial charge in [-0.3, -0.25) is 9.59 Å². The Balaban J connectivity index is 2.06. The largest absolute Gasteiger partial charge is 0.430 e. The zero-order valence-corrected chi connectivity index (χ0v) is 15.5. The Hall–Kier alpha value is -2.40. The molecule has 0 saturated heterocycles. The van der Waals surface area contributed by atoms with Gasteiger partial charge in [0.25, 0.3) is 12.1 Å². The van der Waals surface area contributed by atoms with Gasteiger partial charge < -0.3 is 9.64 Å². The highest BCUT2D eigenvalue weighted by Gasteiger charge is 2.39. The molecule has 2 aliphatic rings. The van der Waals surface area contributed by atoms with Gasteiger partial charge in [-0.1, -0.05) is 61.0 Å². The Morgan fingerprint density at radius 2 is 2.04 bits per heavy atom. The highest BCUT2D eigenvalue weighted by atomic mass is 35.5. The average Bonchev–Trinajstić information content (AvgIpc) is 2.73. The Bertz CT molecular complexity index is 786. The number of rotatable bonds is 4. The van der Waals surface area contributed by atoms with Crippen LogP contribution in [0.2, 0.25) is 0 Å². The van der Waals surface area contributed by atoms with Gasteiger partial charge in [0.15, 0.2) is 0 Å². The third-order valence-electron chi connectivity index (χ3n) is 4.50. The van der Waals surface area contributed by atoms with Crippen LogP contribution in [0.1, 0.15) is 25.3 Å². The van der Waals surface area contributed by atoms with Crippen molar-refractivity contribution in [2.24, 2.45) is 10.9 Å². The van der Waals surface area contributed by atoms with E-state index in [0.29, 0.717) is 17.2 Å². The van der Waals surface area contributed by atoms with E-state index in [2.05, 4.69) is 4.99 Å². The molecule has 1 amide bonds. The summed E-state index contributed by atoms with van der Waals surface area (Å²) in [5.41, 5.74) is 1.56. The standard InChI is InChI=1S/C20H21ClN2O3/c1-3-7-17(24)26-19-20(25)23(2)16-11-10-14(21)12-15(16)18(22-19)13-8-5-4-6-9-13/h4-6,8-12,15-16,19H,3,7H2,1-2H3. The molecule has 1 aromatic rings. The molecule has 1 aliphatic carbocycles. The first-order chi connectivity index (χ1) is 12.5. The summed E-state index contributed by atoms with van der Waals surface area (Å²) < 4.78 is 5.38. The lowest BCUT2D eigenvalue weighted by Crippen LogP contribution is -2.45. The lowest BCUT2D eigenvalue weighted by Gasteiger charge is -2.31. The number of fused-ring (bicyclic) bond motifs is 1. The molecule has 0 radical (unpaired) electrons. The number of amides is 1. The Labute approximate surface area is 158 Å². The monoisotopic (exact) mass is 372 g/mol. The Morgan fingerprint density at radius 3 is 2.73 bits per heavy atom. The summed E-state index contributed by atoms with van der Waals surface area (Å²) in [6.07, 6.45) is 5.27. The molecule has 6 heteroatoms. The predicted octanol–water partition coefficient (Wildman–Crippen LogP) is 3.29. The van der Waals surface area contributed by atoms with Crippen LogP contribution < -0.4 is 0 Å². The van der Waals surface area contributed by atoms with E-state index in [9.17, 15) is 9.59 Å². The fourth-order valence-corrected chi connectivity index (χ4v) is 3.38. The number of likely N-dealkylation sites (N-methyl/N-ethyl adjacent to an activating group) is 1. The molecule has 1 aromatic carbocycles. The predicted molar refractivity (Wildman–Crippen MR) is 101 cm³/mol. The Kier molecular flexibility index (Phi) is 5.57. The summed E-state index contributed by atoms with van der Waals surface area (Å²) in [5.74, 6) is -0.977. The van der Waals surface area contributed by atoms with Crippen molar-refractivity contribution >= 4 is 29.2 Å². The number of hydrogen-bond donors (Lipinski definition) is 0. The van der Waals surface area contributed by atoms with E-state index in [1.165, 1.54) is 0 Å². The van der Waals surface area contributed by atoms with E-state index in [4.69, 9.17) is 16.3 Å². The molecular weight excluding hydrogens is 352 g/mol. The first-order valence-electron chi connectivity index (χ1n) is 8.66. The molecule has 0 spiro atoms. The third-order valence-corrected chi connectivity index (χ3v) is 4.76. The number of esters is 1. The van der Waals surface area contributed by atoms with Crippen molar-refractivity contribution in [1.29, 1.82) is 0 Å². The molecule has 5 nitrogen and oxygen atoms in total. The van der Waals surface area contributed by atoms with Crippen molar-refractivity contribution in [2.75, 3.05) is 7.05 Å². The topological polar surface area (TPSA) is 59.0 Å². The maximum absolute atomic E-state index is 12.9. The van der Waals surface area contributed by atoms with Crippen LogP contribution >= 0.6 is 11.6 Å². The molecule has 0 saturated carbocycles. The summed E-state index contributed by atoms with van der Waals surface area (Å²) in [7, 11) is 1.70. The highest BCUT2D eigenvalue weighted by Crippen LogP contribution is 2.30. The summed E-state index contributed by atoms with van der Waals surface area (Å²) in [4.78, 5) is 31.0. The van der Waals surface area contributed by atoms with Crippen LogP contribution in [0.4, 0.5) is 0 Å². The van der Waals surface area contributed by atoms with E-state index in [0.717, 1.165) is 5.56 Å². The number of carbonyl (C=O) groups is 2. The molecule has 0 bridgehead atoms. The minimum absolute atomic E-state index is 0.210. The van der Waals surface area contributed by atoms with Gasteiger partial charge in [-0.15, -0.1) is 0 Å². The number of ether oxygens (including phenoxy) is 1.